The first-order chi connectivity index (χ1) is 16.3. The molecule has 0 radical (unpaired) electrons. The molecule has 1 aliphatic heterocycles. The van der Waals surface area contributed by atoms with E-state index in [0.29, 0.717) is 25.1 Å². The third-order valence-corrected chi connectivity index (χ3v) is 6.43. The molecule has 1 unspecified atom stereocenters. The molecule has 1 atom stereocenters. The minimum absolute atomic E-state index is 0.0771. The highest BCUT2D eigenvalue weighted by atomic mass is 35.5. The van der Waals surface area contributed by atoms with Gasteiger partial charge in [-0.15, -0.1) is 0 Å². The molecular weight excluding hydrogens is 471 g/mol. The lowest BCUT2D eigenvalue weighted by molar-refractivity contribution is -0.136. The molecule has 4 aromatic rings. The van der Waals surface area contributed by atoms with E-state index >= 15 is 0 Å². The molecule has 10 heteroatoms. The average molecular weight is 490 g/mol. The summed E-state index contributed by atoms with van der Waals surface area (Å²) >= 11 is 6.42. The molecule has 0 spiro atoms. The van der Waals surface area contributed by atoms with Crippen molar-refractivity contribution in [3.63, 3.8) is 0 Å². The van der Waals surface area contributed by atoms with Crippen molar-refractivity contribution in [3.05, 3.63) is 77.1 Å². The van der Waals surface area contributed by atoms with Gasteiger partial charge in [0.25, 0.3) is 5.91 Å². The van der Waals surface area contributed by atoms with Gasteiger partial charge in [-0.25, -0.2) is 4.98 Å². The summed E-state index contributed by atoms with van der Waals surface area (Å²) in [6.07, 6.45) is 0.137. The van der Waals surface area contributed by atoms with Crippen molar-refractivity contribution < 1.29 is 27.1 Å². The Bertz CT molecular complexity index is 1370. The van der Waals surface area contributed by atoms with Crippen LogP contribution in [0.25, 0.3) is 16.8 Å². The standard InChI is InChI=1S/C24H19ClF3N3O3/c1-33-18-4-2-3-14(9-18)15-5-7-30(11-15)23(32)20-21(25)31-12-17(16-6-8-34-13-16)10-19(22(31)29-20)24(26,27)28/h2-4,6,8-10,12-13,15H,5,7,11H2,1H3. The molecule has 0 saturated carbocycles. The molecule has 4 heterocycles. The second-order valence-electron chi connectivity index (χ2n) is 8.11. The Balaban J connectivity index is 1.50. The van der Waals surface area contributed by atoms with Gasteiger partial charge in [0, 0.05) is 36.3 Å². The molecule has 1 saturated heterocycles. The number of amides is 1. The first-order valence-corrected chi connectivity index (χ1v) is 10.9. The Kier molecular flexibility index (Phi) is 5.51. The summed E-state index contributed by atoms with van der Waals surface area (Å²) in [4.78, 5) is 18.9. The number of rotatable bonds is 4. The summed E-state index contributed by atoms with van der Waals surface area (Å²) in [5.41, 5.74) is 0.110. The van der Waals surface area contributed by atoms with Crippen molar-refractivity contribution in [3.8, 4) is 16.9 Å². The largest absolute Gasteiger partial charge is 0.497 e. The van der Waals surface area contributed by atoms with Crippen molar-refractivity contribution in [1.29, 1.82) is 0 Å². The summed E-state index contributed by atoms with van der Waals surface area (Å²) in [5, 5.41) is -0.166. The lowest BCUT2D eigenvalue weighted by Crippen LogP contribution is -2.29. The van der Waals surface area contributed by atoms with Crippen LogP contribution in [-0.2, 0) is 6.18 Å². The van der Waals surface area contributed by atoms with E-state index in [1.807, 2.05) is 24.3 Å². The summed E-state index contributed by atoms with van der Waals surface area (Å²) in [5.74, 6) is 0.296. The minimum Gasteiger partial charge on any atom is -0.497 e. The van der Waals surface area contributed by atoms with Gasteiger partial charge in [0.15, 0.2) is 11.3 Å². The van der Waals surface area contributed by atoms with Gasteiger partial charge in [-0.05, 0) is 36.2 Å². The monoisotopic (exact) mass is 489 g/mol. The molecule has 5 rings (SSSR count). The molecule has 1 fully saturated rings. The van der Waals surface area contributed by atoms with Crippen LogP contribution in [0.4, 0.5) is 13.2 Å². The normalized spacial score (nSPS) is 16.4. The SMILES string of the molecule is COc1cccc(C2CCN(C(=O)c3nc4c(C(F)(F)F)cc(-c5ccoc5)cn4c3Cl)C2)c1. The number of fused-ring (bicyclic) bond motifs is 1. The fourth-order valence-electron chi connectivity index (χ4n) is 4.31. The Labute approximate surface area is 197 Å². The van der Waals surface area contributed by atoms with E-state index in [4.69, 9.17) is 20.8 Å². The Morgan fingerprint density at radius 3 is 2.76 bits per heavy atom. The number of nitrogens with zero attached hydrogens (tertiary/aromatic N) is 3. The molecule has 0 N–H and O–H groups in total. The molecule has 0 bridgehead atoms. The molecule has 1 amide bonds. The van der Waals surface area contributed by atoms with Gasteiger partial charge in [-0.1, -0.05) is 23.7 Å². The molecule has 34 heavy (non-hydrogen) atoms. The second kappa shape index (κ2) is 8.39. The quantitative estimate of drug-likeness (QED) is 0.358. The summed E-state index contributed by atoms with van der Waals surface area (Å²) in [6, 6.07) is 10.1. The van der Waals surface area contributed by atoms with E-state index in [9.17, 15) is 18.0 Å². The number of likely N-dealkylation sites (tertiary alicyclic amines) is 1. The third-order valence-electron chi connectivity index (χ3n) is 6.06. The van der Waals surface area contributed by atoms with Crippen LogP contribution in [0.15, 0.2) is 59.5 Å². The smallest absolute Gasteiger partial charge is 0.420 e. The average Bonchev–Trinajstić information content (AvgIpc) is 3.58. The highest BCUT2D eigenvalue weighted by Crippen LogP contribution is 2.38. The van der Waals surface area contributed by atoms with Crippen molar-refractivity contribution >= 4 is 23.2 Å². The first-order valence-electron chi connectivity index (χ1n) is 10.5. The highest BCUT2D eigenvalue weighted by Gasteiger charge is 2.37. The third kappa shape index (κ3) is 3.90. The van der Waals surface area contributed by atoms with Crippen LogP contribution >= 0.6 is 11.6 Å². The van der Waals surface area contributed by atoms with Crippen LogP contribution in [0, 0.1) is 0 Å². The van der Waals surface area contributed by atoms with E-state index in [0.717, 1.165) is 21.8 Å². The van der Waals surface area contributed by atoms with Gasteiger partial charge in [0.2, 0.25) is 0 Å². The number of aromatic nitrogens is 2. The van der Waals surface area contributed by atoms with Gasteiger partial charge in [-0.3, -0.25) is 9.20 Å². The van der Waals surface area contributed by atoms with Crippen LogP contribution < -0.4 is 4.74 Å². The number of hydrogen-bond donors (Lipinski definition) is 0. The molecular formula is C24H19ClF3N3O3. The number of halogens is 4. The van der Waals surface area contributed by atoms with Crippen molar-refractivity contribution in [2.24, 2.45) is 0 Å². The van der Waals surface area contributed by atoms with Gasteiger partial charge in [0.05, 0.1) is 25.2 Å². The number of furan rings is 1. The maximum atomic E-state index is 13.9. The van der Waals surface area contributed by atoms with Crippen LogP contribution in [0.5, 0.6) is 5.75 Å². The van der Waals surface area contributed by atoms with E-state index in [2.05, 4.69) is 4.98 Å². The topological polar surface area (TPSA) is 60.0 Å². The molecule has 176 valence electrons. The van der Waals surface area contributed by atoms with Crippen LogP contribution in [0.1, 0.15) is 34.0 Å². The number of ether oxygens (including phenoxy) is 1. The minimum atomic E-state index is -4.69. The number of imidazole rings is 1. The lowest BCUT2D eigenvalue weighted by atomic mass is 9.98. The predicted octanol–water partition coefficient (Wildman–Crippen LogP) is 5.90. The van der Waals surface area contributed by atoms with E-state index in [-0.39, 0.29) is 22.3 Å². The summed E-state index contributed by atoms with van der Waals surface area (Å²) < 4.78 is 53.0. The zero-order chi connectivity index (χ0) is 24.0. The van der Waals surface area contributed by atoms with Crippen molar-refractivity contribution in [1.82, 2.24) is 14.3 Å². The van der Waals surface area contributed by atoms with Gasteiger partial charge in [0.1, 0.15) is 10.9 Å². The fourth-order valence-corrected chi connectivity index (χ4v) is 4.56. The van der Waals surface area contributed by atoms with Crippen LogP contribution in [0.3, 0.4) is 0 Å². The number of carbonyl (C=O) groups is 1. The summed E-state index contributed by atoms with van der Waals surface area (Å²) in [7, 11) is 1.59. The highest BCUT2D eigenvalue weighted by molar-refractivity contribution is 6.33. The lowest BCUT2D eigenvalue weighted by Gasteiger charge is -2.16. The van der Waals surface area contributed by atoms with Gasteiger partial charge in [-0.2, -0.15) is 13.2 Å². The first kappa shape index (κ1) is 22.3. The molecule has 3 aromatic heterocycles. The number of pyridine rings is 1. The van der Waals surface area contributed by atoms with Gasteiger partial charge >= 0.3 is 6.18 Å². The fraction of sp³-hybridized carbons (Fsp3) is 0.250. The summed E-state index contributed by atoms with van der Waals surface area (Å²) in [6.45, 7) is 0.847. The molecule has 1 aromatic carbocycles. The number of hydrogen-bond acceptors (Lipinski definition) is 4. The zero-order valence-corrected chi connectivity index (χ0v) is 18.7. The van der Waals surface area contributed by atoms with Crippen LogP contribution in [-0.4, -0.2) is 40.4 Å². The zero-order valence-electron chi connectivity index (χ0n) is 18.0. The maximum Gasteiger partial charge on any atom is 0.420 e. The number of carbonyl (C=O) groups excluding carboxylic acids is 1. The van der Waals surface area contributed by atoms with Crippen molar-refractivity contribution in [2.75, 3.05) is 20.2 Å². The Morgan fingerprint density at radius 2 is 2.06 bits per heavy atom. The number of benzene rings is 1. The number of methoxy groups -OCH3 is 1. The van der Waals surface area contributed by atoms with E-state index in [1.54, 1.807) is 18.1 Å². The van der Waals surface area contributed by atoms with E-state index in [1.165, 1.54) is 18.7 Å². The molecule has 6 nitrogen and oxygen atoms in total. The second-order valence-corrected chi connectivity index (χ2v) is 8.47. The van der Waals surface area contributed by atoms with Crippen LogP contribution in [0.2, 0.25) is 5.15 Å². The number of alkyl halides is 3. The van der Waals surface area contributed by atoms with Crippen molar-refractivity contribution in [2.45, 2.75) is 18.5 Å². The van der Waals surface area contributed by atoms with Gasteiger partial charge < -0.3 is 14.1 Å². The Hall–Kier alpha value is -3.46. The Morgan fingerprint density at radius 1 is 1.24 bits per heavy atom. The maximum absolute atomic E-state index is 13.9. The molecule has 1 aliphatic rings. The predicted molar refractivity (Wildman–Crippen MR) is 119 cm³/mol. The van der Waals surface area contributed by atoms with E-state index < -0.39 is 23.3 Å². The molecule has 0 aliphatic carbocycles.